The molecule has 0 radical (unpaired) electrons. The predicted octanol–water partition coefficient (Wildman–Crippen LogP) is 3.72. The summed E-state index contributed by atoms with van der Waals surface area (Å²) in [6.07, 6.45) is 4.03. The molecule has 0 aliphatic heterocycles. The summed E-state index contributed by atoms with van der Waals surface area (Å²) in [6.45, 7) is 4.20. The first-order valence-electron chi connectivity index (χ1n) is 7.00. The van der Waals surface area contributed by atoms with Crippen LogP contribution in [-0.4, -0.2) is 16.1 Å². The SMILES string of the molecule is CCCCC(CC)C(=O)Nc1n[nH]c2ccccc12. The van der Waals surface area contributed by atoms with Crippen LogP contribution in [0.5, 0.6) is 0 Å². The van der Waals surface area contributed by atoms with E-state index >= 15 is 0 Å². The summed E-state index contributed by atoms with van der Waals surface area (Å²) in [5.74, 6) is 0.791. The van der Waals surface area contributed by atoms with Crippen LogP contribution in [0.1, 0.15) is 39.5 Å². The number of hydrogen-bond acceptors (Lipinski definition) is 2. The van der Waals surface area contributed by atoms with E-state index in [4.69, 9.17) is 0 Å². The molecule has 0 bridgehead atoms. The second-order valence-electron chi connectivity index (χ2n) is 4.85. The second kappa shape index (κ2) is 6.36. The molecule has 1 unspecified atom stereocenters. The van der Waals surface area contributed by atoms with Gasteiger partial charge in [0.25, 0.3) is 0 Å². The Labute approximate surface area is 113 Å². The quantitative estimate of drug-likeness (QED) is 0.830. The highest BCUT2D eigenvalue weighted by molar-refractivity contribution is 6.00. The van der Waals surface area contributed by atoms with Gasteiger partial charge in [-0.25, -0.2) is 0 Å². The lowest BCUT2D eigenvalue weighted by molar-refractivity contribution is -0.120. The summed E-state index contributed by atoms with van der Waals surface area (Å²) < 4.78 is 0. The molecule has 102 valence electrons. The highest BCUT2D eigenvalue weighted by Crippen LogP contribution is 2.21. The number of rotatable bonds is 6. The number of H-pyrrole nitrogens is 1. The van der Waals surface area contributed by atoms with Crippen LogP contribution in [0.15, 0.2) is 24.3 Å². The average molecular weight is 259 g/mol. The van der Waals surface area contributed by atoms with Crippen LogP contribution in [0, 0.1) is 5.92 Å². The minimum Gasteiger partial charge on any atom is -0.308 e. The number of aromatic nitrogens is 2. The number of fused-ring (bicyclic) bond motifs is 1. The number of benzene rings is 1. The van der Waals surface area contributed by atoms with Crippen LogP contribution in [0.2, 0.25) is 0 Å². The van der Waals surface area contributed by atoms with E-state index in [9.17, 15) is 4.79 Å². The molecular weight excluding hydrogens is 238 g/mol. The standard InChI is InChI=1S/C15H21N3O/c1-3-5-8-11(4-2)15(19)16-14-12-9-6-7-10-13(12)17-18-14/h6-7,9-11H,3-5,8H2,1-2H3,(H2,16,17,18,19). The molecule has 0 fully saturated rings. The van der Waals surface area contributed by atoms with Crippen LogP contribution < -0.4 is 5.32 Å². The number of unbranched alkanes of at least 4 members (excludes halogenated alkanes) is 1. The van der Waals surface area contributed by atoms with E-state index < -0.39 is 0 Å². The molecule has 1 aromatic carbocycles. The summed E-state index contributed by atoms with van der Waals surface area (Å²) in [5.41, 5.74) is 0.944. The molecule has 4 heteroatoms. The Morgan fingerprint density at radius 2 is 2.16 bits per heavy atom. The Morgan fingerprint density at radius 3 is 2.89 bits per heavy atom. The summed E-state index contributed by atoms with van der Waals surface area (Å²) >= 11 is 0. The van der Waals surface area contributed by atoms with Crippen molar-refractivity contribution in [1.82, 2.24) is 10.2 Å². The predicted molar refractivity (Wildman–Crippen MR) is 78.0 cm³/mol. The lowest BCUT2D eigenvalue weighted by Gasteiger charge is -2.13. The van der Waals surface area contributed by atoms with Gasteiger partial charge in [-0.05, 0) is 25.0 Å². The molecule has 1 heterocycles. The van der Waals surface area contributed by atoms with E-state index in [2.05, 4.69) is 29.4 Å². The van der Waals surface area contributed by atoms with Gasteiger partial charge < -0.3 is 5.32 Å². The third-order valence-corrected chi connectivity index (χ3v) is 3.48. The van der Waals surface area contributed by atoms with Crippen molar-refractivity contribution in [2.45, 2.75) is 39.5 Å². The van der Waals surface area contributed by atoms with Crippen molar-refractivity contribution in [3.8, 4) is 0 Å². The van der Waals surface area contributed by atoms with Gasteiger partial charge in [-0.3, -0.25) is 9.89 Å². The summed E-state index contributed by atoms with van der Waals surface area (Å²) in [4.78, 5) is 12.2. The maximum absolute atomic E-state index is 12.2. The molecule has 19 heavy (non-hydrogen) atoms. The Bertz CT molecular complexity index is 547. The molecule has 1 atom stereocenters. The Morgan fingerprint density at radius 1 is 1.37 bits per heavy atom. The zero-order chi connectivity index (χ0) is 13.7. The molecule has 0 saturated heterocycles. The molecule has 0 aliphatic carbocycles. The van der Waals surface area contributed by atoms with E-state index in [1.165, 1.54) is 0 Å². The number of para-hydroxylation sites is 1. The summed E-state index contributed by atoms with van der Waals surface area (Å²) in [7, 11) is 0. The molecule has 1 aromatic heterocycles. The second-order valence-corrected chi connectivity index (χ2v) is 4.85. The van der Waals surface area contributed by atoms with Crippen LogP contribution >= 0.6 is 0 Å². The van der Waals surface area contributed by atoms with Crippen LogP contribution in [0.4, 0.5) is 5.82 Å². The van der Waals surface area contributed by atoms with E-state index in [-0.39, 0.29) is 11.8 Å². The normalized spacial score (nSPS) is 12.5. The fourth-order valence-corrected chi connectivity index (χ4v) is 2.25. The molecule has 0 saturated carbocycles. The smallest absolute Gasteiger partial charge is 0.228 e. The number of aromatic amines is 1. The van der Waals surface area contributed by atoms with Gasteiger partial charge in [-0.2, -0.15) is 5.10 Å². The van der Waals surface area contributed by atoms with Crippen molar-refractivity contribution in [2.24, 2.45) is 5.92 Å². The molecule has 0 spiro atoms. The third-order valence-electron chi connectivity index (χ3n) is 3.48. The third kappa shape index (κ3) is 3.13. The summed E-state index contributed by atoms with van der Waals surface area (Å²) in [5, 5.41) is 11.0. The zero-order valence-electron chi connectivity index (χ0n) is 11.6. The highest BCUT2D eigenvalue weighted by Gasteiger charge is 2.17. The lowest BCUT2D eigenvalue weighted by atomic mass is 9.98. The van der Waals surface area contributed by atoms with Crippen molar-refractivity contribution in [3.05, 3.63) is 24.3 Å². The Hall–Kier alpha value is -1.84. The van der Waals surface area contributed by atoms with Crippen LogP contribution in [0.25, 0.3) is 10.9 Å². The van der Waals surface area contributed by atoms with Crippen molar-refractivity contribution in [2.75, 3.05) is 5.32 Å². The Balaban J connectivity index is 2.09. The van der Waals surface area contributed by atoms with Crippen LogP contribution in [0.3, 0.4) is 0 Å². The lowest BCUT2D eigenvalue weighted by Crippen LogP contribution is -2.22. The van der Waals surface area contributed by atoms with E-state index in [0.29, 0.717) is 5.82 Å². The summed E-state index contributed by atoms with van der Waals surface area (Å²) in [6, 6.07) is 7.80. The number of carbonyl (C=O) groups is 1. The topological polar surface area (TPSA) is 57.8 Å². The first-order valence-corrected chi connectivity index (χ1v) is 7.00. The maximum Gasteiger partial charge on any atom is 0.228 e. The van der Waals surface area contributed by atoms with Crippen molar-refractivity contribution in [3.63, 3.8) is 0 Å². The van der Waals surface area contributed by atoms with Gasteiger partial charge in [0.1, 0.15) is 0 Å². The zero-order valence-corrected chi connectivity index (χ0v) is 11.6. The van der Waals surface area contributed by atoms with E-state index in [1.807, 2.05) is 24.3 Å². The Kier molecular flexibility index (Phi) is 4.55. The average Bonchev–Trinajstić information content (AvgIpc) is 2.83. The minimum atomic E-state index is 0.0770. The number of anilines is 1. The molecule has 2 N–H and O–H groups in total. The van der Waals surface area contributed by atoms with Crippen molar-refractivity contribution >= 4 is 22.6 Å². The van der Waals surface area contributed by atoms with Crippen molar-refractivity contribution < 1.29 is 4.79 Å². The first kappa shape index (κ1) is 13.6. The minimum absolute atomic E-state index is 0.0770. The molecule has 2 rings (SSSR count). The van der Waals surface area contributed by atoms with Gasteiger partial charge in [-0.15, -0.1) is 0 Å². The fourth-order valence-electron chi connectivity index (χ4n) is 2.25. The number of amides is 1. The van der Waals surface area contributed by atoms with Gasteiger partial charge in [-0.1, -0.05) is 38.8 Å². The largest absolute Gasteiger partial charge is 0.308 e. The number of hydrogen-bond donors (Lipinski definition) is 2. The molecule has 4 nitrogen and oxygen atoms in total. The number of nitrogens with one attached hydrogen (secondary N) is 2. The number of carbonyl (C=O) groups excluding carboxylic acids is 1. The molecule has 1 amide bonds. The van der Waals surface area contributed by atoms with Gasteiger partial charge >= 0.3 is 0 Å². The van der Waals surface area contributed by atoms with E-state index in [1.54, 1.807) is 0 Å². The van der Waals surface area contributed by atoms with Crippen molar-refractivity contribution in [1.29, 1.82) is 0 Å². The fraction of sp³-hybridized carbons (Fsp3) is 0.467. The maximum atomic E-state index is 12.2. The van der Waals surface area contributed by atoms with Gasteiger partial charge in [0, 0.05) is 11.3 Å². The first-order chi connectivity index (χ1) is 9.26. The number of nitrogens with zero attached hydrogens (tertiary/aromatic N) is 1. The van der Waals surface area contributed by atoms with Crippen LogP contribution in [-0.2, 0) is 4.79 Å². The van der Waals surface area contributed by atoms with Gasteiger partial charge in [0.2, 0.25) is 5.91 Å². The van der Waals surface area contributed by atoms with E-state index in [0.717, 1.165) is 36.6 Å². The monoisotopic (exact) mass is 259 g/mol. The van der Waals surface area contributed by atoms with Gasteiger partial charge in [0.15, 0.2) is 5.82 Å². The molecule has 2 aromatic rings. The molecule has 0 aliphatic rings. The molecular formula is C15H21N3O. The van der Waals surface area contributed by atoms with Gasteiger partial charge in [0.05, 0.1) is 5.52 Å². The highest BCUT2D eigenvalue weighted by atomic mass is 16.1.